The van der Waals surface area contributed by atoms with Gasteiger partial charge < -0.3 is 15.4 Å². The predicted octanol–water partition coefficient (Wildman–Crippen LogP) is 3.49. The van der Waals surface area contributed by atoms with Gasteiger partial charge in [-0.2, -0.15) is 0 Å². The first-order chi connectivity index (χ1) is 12.7. The SMILES string of the molecule is COc1ccc(CNc2ccc(C(=O)Nc3ccccc3F)nn2)cc1. The Balaban J connectivity index is 1.59. The number of rotatable bonds is 6. The minimum atomic E-state index is -0.524. The fraction of sp³-hybridized carbons (Fsp3) is 0.105. The van der Waals surface area contributed by atoms with Gasteiger partial charge >= 0.3 is 0 Å². The Morgan fingerprint density at radius 3 is 2.46 bits per heavy atom. The molecule has 0 atom stereocenters. The molecule has 0 radical (unpaired) electrons. The van der Waals surface area contributed by atoms with E-state index >= 15 is 0 Å². The van der Waals surface area contributed by atoms with Gasteiger partial charge in [-0.25, -0.2) is 4.39 Å². The number of hydrogen-bond acceptors (Lipinski definition) is 5. The molecule has 0 aliphatic carbocycles. The zero-order chi connectivity index (χ0) is 18.4. The molecule has 7 heteroatoms. The maximum atomic E-state index is 13.6. The first kappa shape index (κ1) is 17.3. The van der Waals surface area contributed by atoms with Crippen LogP contribution in [0.5, 0.6) is 5.75 Å². The number of ether oxygens (including phenoxy) is 1. The molecule has 1 aromatic heterocycles. The molecule has 26 heavy (non-hydrogen) atoms. The maximum absolute atomic E-state index is 13.6. The molecule has 0 fully saturated rings. The molecule has 3 aromatic rings. The standard InChI is InChI=1S/C19H17FN4O2/c1-26-14-8-6-13(7-9-14)12-21-18-11-10-17(23-24-18)19(25)22-16-5-3-2-4-15(16)20/h2-11H,12H2,1H3,(H,21,24)(H,22,25). The van der Waals surface area contributed by atoms with Crippen LogP contribution in [-0.4, -0.2) is 23.2 Å². The van der Waals surface area contributed by atoms with Crippen molar-refractivity contribution in [1.29, 1.82) is 0 Å². The van der Waals surface area contributed by atoms with E-state index in [0.29, 0.717) is 12.4 Å². The molecular weight excluding hydrogens is 335 g/mol. The van der Waals surface area contributed by atoms with Crippen LogP contribution in [0.4, 0.5) is 15.9 Å². The van der Waals surface area contributed by atoms with Crippen LogP contribution in [0.2, 0.25) is 0 Å². The average Bonchev–Trinajstić information content (AvgIpc) is 2.69. The summed E-state index contributed by atoms with van der Waals surface area (Å²) in [6, 6.07) is 16.7. The normalized spacial score (nSPS) is 10.2. The number of nitrogens with zero attached hydrogens (tertiary/aromatic N) is 2. The van der Waals surface area contributed by atoms with E-state index in [4.69, 9.17) is 4.74 Å². The number of methoxy groups -OCH3 is 1. The Morgan fingerprint density at radius 2 is 1.81 bits per heavy atom. The Labute approximate surface area is 150 Å². The first-order valence-corrected chi connectivity index (χ1v) is 7.92. The number of carbonyl (C=O) groups is 1. The number of nitrogens with one attached hydrogen (secondary N) is 2. The molecule has 3 rings (SSSR count). The van der Waals surface area contributed by atoms with Crippen LogP contribution in [0.25, 0.3) is 0 Å². The highest BCUT2D eigenvalue weighted by molar-refractivity contribution is 6.02. The van der Waals surface area contributed by atoms with Gasteiger partial charge in [0.05, 0.1) is 12.8 Å². The van der Waals surface area contributed by atoms with Crippen LogP contribution in [0.1, 0.15) is 16.1 Å². The van der Waals surface area contributed by atoms with Gasteiger partial charge in [0.1, 0.15) is 17.4 Å². The van der Waals surface area contributed by atoms with Gasteiger partial charge in [-0.15, -0.1) is 10.2 Å². The lowest BCUT2D eigenvalue weighted by molar-refractivity contribution is 0.102. The molecule has 0 aliphatic heterocycles. The van der Waals surface area contributed by atoms with E-state index in [1.165, 1.54) is 18.2 Å². The molecule has 132 valence electrons. The number of hydrogen-bond donors (Lipinski definition) is 2. The van der Waals surface area contributed by atoms with Gasteiger partial charge in [0.25, 0.3) is 5.91 Å². The summed E-state index contributed by atoms with van der Waals surface area (Å²) in [5.74, 6) is 0.290. The summed E-state index contributed by atoms with van der Waals surface area (Å²) < 4.78 is 18.7. The van der Waals surface area contributed by atoms with E-state index < -0.39 is 11.7 Å². The van der Waals surface area contributed by atoms with Crippen molar-refractivity contribution in [3.63, 3.8) is 0 Å². The fourth-order valence-corrected chi connectivity index (χ4v) is 2.23. The first-order valence-electron chi connectivity index (χ1n) is 7.92. The summed E-state index contributed by atoms with van der Waals surface area (Å²) in [7, 11) is 1.62. The second-order valence-electron chi connectivity index (χ2n) is 5.44. The minimum absolute atomic E-state index is 0.0982. The van der Waals surface area contributed by atoms with Crippen LogP contribution in [0.3, 0.4) is 0 Å². The van der Waals surface area contributed by atoms with Crippen molar-refractivity contribution >= 4 is 17.4 Å². The molecule has 0 bridgehead atoms. The van der Waals surface area contributed by atoms with Gasteiger partial charge in [0.15, 0.2) is 5.69 Å². The summed E-state index contributed by atoms with van der Waals surface area (Å²) >= 11 is 0. The minimum Gasteiger partial charge on any atom is -0.497 e. The van der Waals surface area contributed by atoms with Crippen molar-refractivity contribution in [1.82, 2.24) is 10.2 Å². The van der Waals surface area contributed by atoms with E-state index in [9.17, 15) is 9.18 Å². The van der Waals surface area contributed by atoms with E-state index in [1.54, 1.807) is 25.3 Å². The Hall–Kier alpha value is -3.48. The topological polar surface area (TPSA) is 76.1 Å². The smallest absolute Gasteiger partial charge is 0.276 e. The summed E-state index contributed by atoms with van der Waals surface area (Å²) in [5, 5.41) is 13.4. The third kappa shape index (κ3) is 4.32. The number of benzene rings is 2. The molecule has 2 aromatic carbocycles. The van der Waals surface area contributed by atoms with Gasteiger partial charge in [-0.1, -0.05) is 24.3 Å². The summed E-state index contributed by atoms with van der Waals surface area (Å²) in [6.07, 6.45) is 0. The molecule has 1 heterocycles. The summed E-state index contributed by atoms with van der Waals surface area (Å²) in [5.41, 5.74) is 1.25. The molecule has 1 amide bonds. The number of halogens is 1. The highest BCUT2D eigenvalue weighted by atomic mass is 19.1. The fourth-order valence-electron chi connectivity index (χ4n) is 2.23. The van der Waals surface area contributed by atoms with Crippen LogP contribution >= 0.6 is 0 Å². The Kier molecular flexibility index (Phi) is 5.38. The lowest BCUT2D eigenvalue weighted by Crippen LogP contribution is -2.15. The van der Waals surface area contributed by atoms with Gasteiger partial charge in [-0.3, -0.25) is 4.79 Å². The number of amides is 1. The number of carbonyl (C=O) groups excluding carboxylic acids is 1. The monoisotopic (exact) mass is 352 g/mol. The molecule has 0 saturated carbocycles. The zero-order valence-electron chi connectivity index (χ0n) is 14.1. The largest absolute Gasteiger partial charge is 0.497 e. The zero-order valence-corrected chi connectivity index (χ0v) is 14.1. The van der Waals surface area contributed by atoms with Crippen LogP contribution in [0.15, 0.2) is 60.7 Å². The highest BCUT2D eigenvalue weighted by Gasteiger charge is 2.11. The molecule has 6 nitrogen and oxygen atoms in total. The van der Waals surface area contributed by atoms with Gasteiger partial charge in [0.2, 0.25) is 0 Å². The Bertz CT molecular complexity index is 883. The molecule has 0 saturated heterocycles. The van der Waals surface area contributed by atoms with Crippen molar-refractivity contribution in [3.05, 3.63) is 77.7 Å². The van der Waals surface area contributed by atoms with Crippen LogP contribution in [-0.2, 0) is 6.54 Å². The number of para-hydroxylation sites is 1. The van der Waals surface area contributed by atoms with Gasteiger partial charge in [0, 0.05) is 6.54 Å². The number of aromatic nitrogens is 2. The molecule has 0 aliphatic rings. The lowest BCUT2D eigenvalue weighted by Gasteiger charge is -2.07. The molecule has 0 spiro atoms. The van der Waals surface area contributed by atoms with Crippen molar-refractivity contribution in [2.45, 2.75) is 6.54 Å². The molecular formula is C19H17FN4O2. The third-order valence-electron chi connectivity index (χ3n) is 3.65. The van der Waals surface area contributed by atoms with Gasteiger partial charge in [-0.05, 0) is 42.0 Å². The van der Waals surface area contributed by atoms with Crippen LogP contribution < -0.4 is 15.4 Å². The summed E-state index contributed by atoms with van der Waals surface area (Å²) in [6.45, 7) is 0.555. The average molecular weight is 352 g/mol. The second kappa shape index (κ2) is 8.06. The molecule has 2 N–H and O–H groups in total. The Morgan fingerprint density at radius 1 is 1.04 bits per heavy atom. The van der Waals surface area contributed by atoms with E-state index in [1.807, 2.05) is 24.3 Å². The third-order valence-corrected chi connectivity index (χ3v) is 3.65. The maximum Gasteiger partial charge on any atom is 0.276 e. The van der Waals surface area contributed by atoms with E-state index in [-0.39, 0.29) is 11.4 Å². The predicted molar refractivity (Wildman–Crippen MR) is 96.7 cm³/mol. The van der Waals surface area contributed by atoms with Crippen molar-refractivity contribution < 1.29 is 13.9 Å². The highest BCUT2D eigenvalue weighted by Crippen LogP contribution is 2.14. The van der Waals surface area contributed by atoms with Crippen molar-refractivity contribution in [2.75, 3.05) is 17.7 Å². The molecule has 0 unspecified atom stereocenters. The van der Waals surface area contributed by atoms with E-state index in [2.05, 4.69) is 20.8 Å². The second-order valence-corrected chi connectivity index (χ2v) is 5.44. The quantitative estimate of drug-likeness (QED) is 0.710. The number of anilines is 2. The van der Waals surface area contributed by atoms with Crippen molar-refractivity contribution in [3.8, 4) is 5.75 Å². The van der Waals surface area contributed by atoms with E-state index in [0.717, 1.165) is 11.3 Å². The summed E-state index contributed by atoms with van der Waals surface area (Å²) in [4.78, 5) is 12.1. The van der Waals surface area contributed by atoms with Crippen LogP contribution in [0, 0.1) is 5.82 Å². The van der Waals surface area contributed by atoms with Crippen molar-refractivity contribution in [2.24, 2.45) is 0 Å². The lowest BCUT2D eigenvalue weighted by atomic mass is 10.2.